The molecule has 0 bridgehead atoms. The molecule has 0 amide bonds. The summed E-state index contributed by atoms with van der Waals surface area (Å²) in [6.07, 6.45) is -4.62. The van der Waals surface area contributed by atoms with Crippen LogP contribution in [0.2, 0.25) is 0 Å². The summed E-state index contributed by atoms with van der Waals surface area (Å²) in [5.74, 6) is -1.58. The van der Waals surface area contributed by atoms with Crippen molar-refractivity contribution in [1.29, 1.82) is 0 Å². The molecule has 4 aromatic rings. The Hall–Kier alpha value is -3.23. The van der Waals surface area contributed by atoms with Crippen molar-refractivity contribution in [3.63, 3.8) is 0 Å². The van der Waals surface area contributed by atoms with Gasteiger partial charge in [0.05, 0.1) is 12.0 Å². The topological polar surface area (TPSA) is 49.3 Å². The Labute approximate surface area is 191 Å². The molecule has 2 N–H and O–H groups in total. The first-order valence-corrected chi connectivity index (χ1v) is 11.0. The summed E-state index contributed by atoms with van der Waals surface area (Å²) in [6.45, 7) is 0.834. The zero-order valence-electron chi connectivity index (χ0n) is 17.2. The molecule has 0 unspecified atom stereocenters. The molecule has 0 aliphatic heterocycles. The molecular weight excluding hydrogens is 454 g/mol. The maximum absolute atomic E-state index is 14.2. The maximum atomic E-state index is 14.2. The quantitative estimate of drug-likeness (QED) is 0.225. The van der Waals surface area contributed by atoms with Crippen LogP contribution in [0.15, 0.2) is 66.7 Å². The first-order chi connectivity index (χ1) is 15.7. The number of fused-ring (bicyclic) bond motifs is 1. The third kappa shape index (κ3) is 5.23. The summed E-state index contributed by atoms with van der Waals surface area (Å²) in [7, 11) is 0. The molecule has 0 fully saturated rings. The third-order valence-electron chi connectivity index (χ3n) is 5.20. The average Bonchev–Trinajstić information content (AvgIpc) is 3.19. The van der Waals surface area contributed by atoms with Crippen molar-refractivity contribution >= 4 is 27.4 Å². The number of thiophene rings is 1. The Kier molecular flexibility index (Phi) is 6.49. The number of hydrogen-bond acceptors (Lipinski definition) is 3. The van der Waals surface area contributed by atoms with Crippen molar-refractivity contribution < 1.29 is 27.5 Å². The van der Waals surface area contributed by atoms with Gasteiger partial charge in [0.25, 0.3) is 0 Å². The summed E-state index contributed by atoms with van der Waals surface area (Å²) >= 11 is 1.38. The van der Waals surface area contributed by atoms with Crippen LogP contribution in [0, 0.1) is 5.82 Å². The molecule has 170 valence electrons. The van der Waals surface area contributed by atoms with E-state index in [4.69, 9.17) is 5.11 Å². The van der Waals surface area contributed by atoms with Crippen LogP contribution in [-0.4, -0.2) is 17.6 Å². The van der Waals surface area contributed by atoms with Crippen LogP contribution in [0.25, 0.3) is 31.7 Å². The van der Waals surface area contributed by atoms with E-state index in [0.717, 1.165) is 27.8 Å². The summed E-state index contributed by atoms with van der Waals surface area (Å²) in [5.41, 5.74) is 0.187. The Morgan fingerprint density at radius 1 is 0.970 bits per heavy atom. The molecule has 0 aliphatic carbocycles. The second-order valence-electron chi connectivity index (χ2n) is 7.54. The van der Waals surface area contributed by atoms with Crippen molar-refractivity contribution in [3.8, 4) is 21.6 Å². The number of carbonyl (C=O) groups is 1. The number of alkyl halides is 3. The van der Waals surface area contributed by atoms with Gasteiger partial charge in [-0.15, -0.1) is 11.3 Å². The molecule has 0 saturated carbocycles. The minimum absolute atomic E-state index is 0.0231. The maximum Gasteiger partial charge on any atom is 0.417 e. The van der Waals surface area contributed by atoms with E-state index in [1.54, 1.807) is 6.07 Å². The van der Waals surface area contributed by atoms with Crippen LogP contribution in [0.5, 0.6) is 0 Å². The lowest BCUT2D eigenvalue weighted by Crippen LogP contribution is -2.17. The van der Waals surface area contributed by atoms with E-state index in [9.17, 15) is 22.4 Å². The lowest BCUT2D eigenvalue weighted by Gasteiger charge is -2.15. The Morgan fingerprint density at radius 3 is 2.48 bits per heavy atom. The van der Waals surface area contributed by atoms with Crippen LogP contribution in [0.1, 0.15) is 17.5 Å². The van der Waals surface area contributed by atoms with Crippen molar-refractivity contribution in [2.45, 2.75) is 19.1 Å². The van der Waals surface area contributed by atoms with Gasteiger partial charge < -0.3 is 10.4 Å². The van der Waals surface area contributed by atoms with E-state index >= 15 is 0 Å². The van der Waals surface area contributed by atoms with Gasteiger partial charge in [-0.2, -0.15) is 13.2 Å². The molecule has 0 atom stereocenters. The molecule has 33 heavy (non-hydrogen) atoms. The third-order valence-corrected chi connectivity index (χ3v) is 6.36. The fourth-order valence-corrected chi connectivity index (χ4v) is 4.66. The molecule has 0 spiro atoms. The SMILES string of the molecule is O=C(O)CCNCc1ccc2sc(-c3ccc(-c4ccccc4F)c(C(F)(F)F)c3)cc2c1. The Morgan fingerprint density at radius 2 is 1.76 bits per heavy atom. The predicted molar refractivity (Wildman–Crippen MR) is 122 cm³/mol. The van der Waals surface area contributed by atoms with Crippen molar-refractivity contribution in [2.75, 3.05) is 6.54 Å². The number of nitrogens with one attached hydrogen (secondary N) is 1. The lowest BCUT2D eigenvalue weighted by atomic mass is 9.96. The molecule has 0 saturated heterocycles. The predicted octanol–water partition coefficient (Wildman–Crippen LogP) is 6.96. The lowest BCUT2D eigenvalue weighted by molar-refractivity contribution is -0.137. The normalized spacial score (nSPS) is 11.8. The van der Waals surface area contributed by atoms with Gasteiger partial charge in [0.15, 0.2) is 0 Å². The highest BCUT2D eigenvalue weighted by molar-refractivity contribution is 7.22. The highest BCUT2D eigenvalue weighted by atomic mass is 32.1. The van der Waals surface area contributed by atoms with E-state index in [1.165, 1.54) is 35.6 Å². The number of hydrogen-bond donors (Lipinski definition) is 2. The van der Waals surface area contributed by atoms with Crippen LogP contribution in [0.4, 0.5) is 17.6 Å². The first kappa shape index (κ1) is 22.9. The summed E-state index contributed by atoms with van der Waals surface area (Å²) in [4.78, 5) is 11.3. The number of aliphatic carboxylic acids is 1. The first-order valence-electron chi connectivity index (χ1n) is 10.1. The fraction of sp³-hybridized carbons (Fsp3) is 0.160. The van der Waals surface area contributed by atoms with Crippen molar-refractivity contribution in [3.05, 3.63) is 83.7 Å². The molecule has 0 radical (unpaired) electrons. The Balaban J connectivity index is 1.66. The minimum Gasteiger partial charge on any atom is -0.481 e. The average molecular weight is 473 g/mol. The van der Waals surface area contributed by atoms with Gasteiger partial charge in [-0.1, -0.05) is 36.4 Å². The van der Waals surface area contributed by atoms with Gasteiger partial charge in [0.1, 0.15) is 5.82 Å². The second kappa shape index (κ2) is 9.33. The monoisotopic (exact) mass is 473 g/mol. The molecular formula is C25H19F4NO2S. The van der Waals surface area contributed by atoms with Crippen LogP contribution in [-0.2, 0) is 17.5 Å². The van der Waals surface area contributed by atoms with E-state index in [0.29, 0.717) is 23.5 Å². The highest BCUT2D eigenvalue weighted by Gasteiger charge is 2.34. The molecule has 8 heteroatoms. The van der Waals surface area contributed by atoms with Gasteiger partial charge in [-0.25, -0.2) is 4.39 Å². The van der Waals surface area contributed by atoms with Gasteiger partial charge in [0.2, 0.25) is 0 Å². The molecule has 4 rings (SSSR count). The molecule has 3 nitrogen and oxygen atoms in total. The van der Waals surface area contributed by atoms with Crippen LogP contribution in [0.3, 0.4) is 0 Å². The number of carboxylic acid groups (broad SMARTS) is 1. The van der Waals surface area contributed by atoms with Gasteiger partial charge in [-0.05, 0) is 52.4 Å². The summed E-state index contributed by atoms with van der Waals surface area (Å²) in [5, 5.41) is 12.6. The Bertz CT molecular complexity index is 1310. The van der Waals surface area contributed by atoms with Gasteiger partial charge in [-0.3, -0.25) is 4.79 Å². The molecule has 0 aliphatic rings. The number of benzene rings is 3. The minimum atomic E-state index is -4.64. The standard InChI is InChI=1S/C25H19F4NO2S/c26-21-4-2-1-3-19(21)18-7-6-16(12-20(18)25(27,28)29)23-13-17-11-15(5-8-22(17)33-23)14-30-10-9-24(31)32/h1-8,11-13,30H,9-10,14H2,(H,31,32). The number of carboxylic acids is 1. The zero-order chi connectivity index (χ0) is 23.6. The summed E-state index contributed by atoms with van der Waals surface area (Å²) < 4.78 is 56.7. The smallest absolute Gasteiger partial charge is 0.417 e. The van der Waals surface area contributed by atoms with Crippen molar-refractivity contribution in [2.24, 2.45) is 0 Å². The van der Waals surface area contributed by atoms with E-state index in [2.05, 4.69) is 5.32 Å². The highest BCUT2D eigenvalue weighted by Crippen LogP contribution is 2.42. The van der Waals surface area contributed by atoms with Gasteiger partial charge in [0, 0.05) is 28.2 Å². The van der Waals surface area contributed by atoms with E-state index in [1.807, 2.05) is 24.3 Å². The zero-order valence-corrected chi connectivity index (χ0v) is 18.1. The number of halogens is 4. The van der Waals surface area contributed by atoms with E-state index in [-0.39, 0.29) is 17.5 Å². The van der Waals surface area contributed by atoms with Crippen LogP contribution < -0.4 is 5.32 Å². The molecule has 1 heterocycles. The van der Waals surface area contributed by atoms with Crippen molar-refractivity contribution in [1.82, 2.24) is 5.32 Å². The van der Waals surface area contributed by atoms with Gasteiger partial charge >= 0.3 is 12.1 Å². The largest absolute Gasteiger partial charge is 0.481 e. The van der Waals surface area contributed by atoms with E-state index < -0.39 is 23.5 Å². The van der Waals surface area contributed by atoms with Crippen LogP contribution >= 0.6 is 11.3 Å². The fourth-order valence-electron chi connectivity index (χ4n) is 3.62. The summed E-state index contributed by atoms with van der Waals surface area (Å²) in [6, 6.07) is 17.0. The molecule has 3 aromatic carbocycles. The molecule has 1 aromatic heterocycles. The number of rotatable bonds is 7. The second-order valence-corrected chi connectivity index (χ2v) is 8.63.